The molecule has 0 aliphatic heterocycles. The van der Waals surface area contributed by atoms with Gasteiger partial charge in [0.15, 0.2) is 5.69 Å². The molecule has 0 aliphatic rings. The van der Waals surface area contributed by atoms with Crippen molar-refractivity contribution < 1.29 is 17.7 Å². The van der Waals surface area contributed by atoms with E-state index in [2.05, 4.69) is 392 Å². The predicted octanol–water partition coefficient (Wildman–Crippen LogP) is 36.0. The van der Waals surface area contributed by atoms with Gasteiger partial charge in [-0.1, -0.05) is 304 Å². The number of hydrogen-bond acceptors (Lipinski definition) is 9. The zero-order valence-electron chi connectivity index (χ0n) is 74.8. The van der Waals surface area contributed by atoms with Crippen LogP contribution >= 0.6 is 0 Å². The van der Waals surface area contributed by atoms with Crippen LogP contribution in [0.25, 0.3) is 278 Å². The summed E-state index contributed by atoms with van der Waals surface area (Å²) < 4.78 is 25.7. The first-order valence-electron chi connectivity index (χ1n) is 46.0. The number of furan rings is 4. The standard InChI is InChI=1S/4C32H18N2O/c1-33-24-16-23(18-34-19-24)21-8-6-9-22(15-21)28-17-30-32(27-12-5-4-11-26(27)28)31-25-10-3-2-7-20(25)13-14-29(31)35-30;1-33-30-18-22(15-16-34-30)21-8-6-9-23(17-21)27-19-29-32(26-12-5-4-11-25(26)27)31-24-10-3-2-7-20(24)13-14-28(31)35-29;1-33-23-15-16-34-28(18-23)22-9-6-8-21(17-22)27-19-30-32(26-12-5-4-11-25(26)27)31-24-10-3-2-7-20(24)13-14-29(31)35-30;33-19-24-17-23(15-16-34-24)20-9-11-22(12-10-20)28-18-30-32(27-8-4-3-7-26(27)28)31-25-6-2-1-5-21(25)13-14-29(31)35-30/h3*2-19H;1-18H. The van der Waals surface area contributed by atoms with Gasteiger partial charge in [-0.3, -0.25) is 9.97 Å². The number of hydrogen-bond donors (Lipinski definition) is 0. The molecular weight excluding hydrogens is 1710 g/mol. The van der Waals surface area contributed by atoms with Gasteiger partial charge in [-0.15, -0.1) is 4.98 Å². The van der Waals surface area contributed by atoms with E-state index in [0.29, 0.717) is 22.9 Å². The minimum absolute atomic E-state index is 0.397. The summed E-state index contributed by atoms with van der Waals surface area (Å²) in [5.74, 6) is 0.397. The van der Waals surface area contributed by atoms with Crippen molar-refractivity contribution in [2.24, 2.45) is 0 Å². The normalized spacial score (nSPS) is 11.4. The highest BCUT2D eigenvalue weighted by atomic mass is 16.3. The van der Waals surface area contributed by atoms with E-state index in [1.807, 2.05) is 48.5 Å². The van der Waals surface area contributed by atoms with Gasteiger partial charge in [0.25, 0.3) is 5.82 Å². The number of rotatable bonds is 8. The molecule has 12 heteroatoms. The highest BCUT2D eigenvalue weighted by Gasteiger charge is 2.24. The molecular formula is C128H72N8O4. The monoisotopic (exact) mass is 1780 g/mol. The number of fused-ring (bicyclic) bond motifs is 28. The highest BCUT2D eigenvalue weighted by Crippen LogP contribution is 2.50. The van der Waals surface area contributed by atoms with Crippen LogP contribution in [0.4, 0.5) is 17.2 Å². The summed E-state index contributed by atoms with van der Waals surface area (Å²) in [6.07, 6.45) is 8.45. The molecule has 0 aliphatic carbocycles. The fourth-order valence-corrected chi connectivity index (χ4v) is 20.6. The van der Waals surface area contributed by atoms with Gasteiger partial charge in [0.05, 0.1) is 18.8 Å². The summed E-state index contributed by atoms with van der Waals surface area (Å²) in [6.45, 7) is 21.9. The molecule has 12 nitrogen and oxygen atoms in total. The molecule has 0 N–H and O–H groups in total. The molecule has 0 saturated carbocycles. The predicted molar refractivity (Wildman–Crippen MR) is 573 cm³/mol. The van der Waals surface area contributed by atoms with Crippen molar-refractivity contribution >= 4 is 191 Å². The van der Waals surface area contributed by atoms with E-state index in [1.54, 1.807) is 37.1 Å². The Hall–Kier alpha value is -19.8. The van der Waals surface area contributed by atoms with Gasteiger partial charge in [0.2, 0.25) is 5.69 Å². The third kappa shape index (κ3) is 14.4. The van der Waals surface area contributed by atoms with Crippen LogP contribution in [-0.2, 0) is 0 Å². The fourth-order valence-electron chi connectivity index (χ4n) is 20.6. The van der Waals surface area contributed by atoms with Crippen LogP contribution < -0.4 is 0 Å². The number of aromatic nitrogens is 4. The number of nitriles is 1. The van der Waals surface area contributed by atoms with Crippen LogP contribution in [0, 0.1) is 31.0 Å². The maximum Gasteiger partial charge on any atom is 0.270 e. The van der Waals surface area contributed by atoms with Crippen LogP contribution in [0.1, 0.15) is 5.69 Å². The molecule has 0 atom stereocenters. The van der Waals surface area contributed by atoms with Gasteiger partial charge in [-0.2, -0.15) is 5.26 Å². The first-order valence-corrected chi connectivity index (χ1v) is 46.0. The average molecular weight is 1790 g/mol. The van der Waals surface area contributed by atoms with Crippen LogP contribution in [0.5, 0.6) is 0 Å². The largest absolute Gasteiger partial charge is 0.456 e. The maximum absolute atomic E-state index is 9.18. The minimum atomic E-state index is 0.397. The van der Waals surface area contributed by atoms with Crippen molar-refractivity contribution in [1.29, 1.82) is 5.26 Å². The molecule has 0 amide bonds. The molecule has 0 bridgehead atoms. The average Bonchev–Trinajstić information content (AvgIpc) is 1.57. The molecule has 648 valence electrons. The van der Waals surface area contributed by atoms with Crippen molar-refractivity contribution in [3.8, 4) is 95.2 Å². The van der Waals surface area contributed by atoms with E-state index >= 15 is 0 Å². The van der Waals surface area contributed by atoms with Gasteiger partial charge >= 0.3 is 0 Å². The second-order valence-electron chi connectivity index (χ2n) is 34.8. The first-order chi connectivity index (χ1) is 69.2. The van der Waals surface area contributed by atoms with Crippen LogP contribution in [0.2, 0.25) is 0 Å². The van der Waals surface area contributed by atoms with Crippen molar-refractivity contribution in [2.45, 2.75) is 0 Å². The Bertz CT molecular complexity index is 9510. The lowest BCUT2D eigenvalue weighted by Gasteiger charge is -2.11. The van der Waals surface area contributed by atoms with Crippen molar-refractivity contribution in [3.63, 3.8) is 0 Å². The Kier molecular flexibility index (Phi) is 20.2. The van der Waals surface area contributed by atoms with Gasteiger partial charge in [-0.05, 0) is 279 Å². The van der Waals surface area contributed by atoms with Gasteiger partial charge in [0, 0.05) is 67.9 Å². The van der Waals surface area contributed by atoms with Gasteiger partial charge < -0.3 is 22.5 Å². The van der Waals surface area contributed by atoms with E-state index in [0.717, 1.165) is 172 Å². The van der Waals surface area contributed by atoms with E-state index < -0.39 is 0 Å². The van der Waals surface area contributed by atoms with Crippen LogP contribution in [0.15, 0.2) is 455 Å². The maximum atomic E-state index is 9.18. The molecule has 0 spiro atoms. The molecule has 28 aromatic rings. The lowest BCUT2D eigenvalue weighted by molar-refractivity contribution is 0.669. The lowest BCUT2D eigenvalue weighted by Crippen LogP contribution is -1.86. The Morgan fingerprint density at radius 1 is 0.214 bits per heavy atom. The van der Waals surface area contributed by atoms with E-state index in [9.17, 15) is 5.26 Å². The Labute approximate surface area is 801 Å². The first kappa shape index (κ1) is 82.2. The molecule has 0 radical (unpaired) electrons. The van der Waals surface area contributed by atoms with Crippen molar-refractivity contribution in [3.05, 3.63) is 477 Å². The van der Waals surface area contributed by atoms with Gasteiger partial charge in [0.1, 0.15) is 62.6 Å². The summed E-state index contributed by atoms with van der Waals surface area (Å²) in [5, 5.41) is 37.6. The van der Waals surface area contributed by atoms with Crippen molar-refractivity contribution in [1.82, 2.24) is 19.9 Å². The Balaban J connectivity index is 0.0000000985. The third-order valence-corrected chi connectivity index (χ3v) is 26.9. The molecule has 20 aromatic carbocycles. The molecule has 0 unspecified atom stereocenters. The summed E-state index contributed by atoms with van der Waals surface area (Å²) in [7, 11) is 0. The topological polar surface area (TPSA) is 141 Å². The highest BCUT2D eigenvalue weighted by molar-refractivity contribution is 6.33. The number of pyridine rings is 4. The molecule has 0 saturated heterocycles. The minimum Gasteiger partial charge on any atom is -0.456 e. The van der Waals surface area contributed by atoms with Crippen LogP contribution in [-0.4, -0.2) is 19.9 Å². The van der Waals surface area contributed by atoms with E-state index in [1.165, 1.54) is 91.6 Å². The van der Waals surface area contributed by atoms with Crippen molar-refractivity contribution in [2.75, 3.05) is 0 Å². The Morgan fingerprint density at radius 3 is 0.950 bits per heavy atom. The van der Waals surface area contributed by atoms with E-state index in [4.69, 9.17) is 37.4 Å². The second kappa shape index (κ2) is 34.4. The zero-order valence-corrected chi connectivity index (χ0v) is 74.8. The summed E-state index contributed by atoms with van der Waals surface area (Å²) in [4.78, 5) is 27.5. The number of nitrogens with zero attached hydrogens (tertiary/aromatic N) is 8. The van der Waals surface area contributed by atoms with Crippen LogP contribution in [0.3, 0.4) is 0 Å². The lowest BCUT2D eigenvalue weighted by atomic mass is 9.92. The quantitative estimate of drug-likeness (QED) is 0.136. The van der Waals surface area contributed by atoms with Gasteiger partial charge in [-0.25, -0.2) is 14.7 Å². The number of benzene rings is 20. The summed E-state index contributed by atoms with van der Waals surface area (Å²) in [5.41, 5.74) is 25.4. The molecule has 0 fully saturated rings. The second-order valence-corrected chi connectivity index (χ2v) is 34.8. The SMILES string of the molecule is N#Cc1cc(-c2ccc(-c3cc4oc5ccc6ccccc6c5c4c4ccccc34)cc2)ccn1.[C-]#[N+]c1cc(-c2cccc(-c3cc4oc5ccc6ccccc6c5c4c4ccccc34)c2)ccn1.[C-]#[N+]c1ccnc(-c2cccc(-c3cc4oc5ccc6ccccc6c5c4c4ccccc34)c2)c1.[C-]#[N+]c1cncc(-c2cccc(-c3cc4oc5ccc6ccccc6c5c4c4ccccc34)c2)c1. The zero-order chi connectivity index (χ0) is 93.4. The summed E-state index contributed by atoms with van der Waals surface area (Å²) >= 11 is 0. The molecule has 28 rings (SSSR count). The molecule has 8 heterocycles. The molecule has 8 aromatic heterocycles. The van der Waals surface area contributed by atoms with E-state index in [-0.39, 0.29) is 0 Å². The fraction of sp³-hybridized carbons (Fsp3) is 0. The Morgan fingerprint density at radius 2 is 0.543 bits per heavy atom. The molecule has 140 heavy (non-hydrogen) atoms. The summed E-state index contributed by atoms with van der Waals surface area (Å²) in [6, 6.07) is 142. The third-order valence-electron chi connectivity index (χ3n) is 26.9. The smallest absolute Gasteiger partial charge is 0.270 e.